The largest absolute Gasteiger partial charge is 0.327 e. The molecule has 1 aromatic heterocycles. The molecular formula is C12H19ClF2N4O2S. The standard InChI is InChI=1S/C12H18F2N4O2S.ClH/c13-12(14)7-17-5-9(3-16-17)21(19,20)18-4-8-1-2-11(15)10(8)6-18;/h3,5,8,10-12H,1-2,4,6-7,15H2;1H. The Kier molecular flexibility index (Phi) is 5.10. The highest BCUT2D eigenvalue weighted by molar-refractivity contribution is 7.89. The number of hydrogen-bond donors (Lipinski definition) is 1. The van der Waals surface area contributed by atoms with Gasteiger partial charge in [0.25, 0.3) is 6.43 Å². The molecule has 2 fully saturated rings. The van der Waals surface area contributed by atoms with Crippen LogP contribution in [0.1, 0.15) is 12.8 Å². The highest BCUT2D eigenvalue weighted by atomic mass is 35.5. The van der Waals surface area contributed by atoms with Crippen LogP contribution in [0.5, 0.6) is 0 Å². The van der Waals surface area contributed by atoms with Crippen molar-refractivity contribution in [1.82, 2.24) is 14.1 Å². The van der Waals surface area contributed by atoms with Gasteiger partial charge in [0, 0.05) is 25.3 Å². The van der Waals surface area contributed by atoms with Crippen LogP contribution in [-0.2, 0) is 16.6 Å². The molecule has 3 unspecified atom stereocenters. The molecule has 2 aliphatic rings. The Balaban J connectivity index is 0.00000176. The molecule has 0 amide bonds. The van der Waals surface area contributed by atoms with Gasteiger partial charge in [0.05, 0.1) is 6.20 Å². The number of sulfonamides is 1. The summed E-state index contributed by atoms with van der Waals surface area (Å²) < 4.78 is 52.0. The molecule has 126 valence electrons. The van der Waals surface area contributed by atoms with Crippen molar-refractivity contribution in [3.63, 3.8) is 0 Å². The molecule has 1 saturated heterocycles. The van der Waals surface area contributed by atoms with Crippen LogP contribution in [-0.4, -0.2) is 48.1 Å². The molecule has 0 spiro atoms. The van der Waals surface area contributed by atoms with E-state index in [-0.39, 0.29) is 29.3 Å². The highest BCUT2D eigenvalue weighted by Gasteiger charge is 2.45. The van der Waals surface area contributed by atoms with Crippen molar-refractivity contribution < 1.29 is 17.2 Å². The number of rotatable bonds is 4. The molecule has 2 N–H and O–H groups in total. The lowest BCUT2D eigenvalue weighted by molar-refractivity contribution is 0.121. The lowest BCUT2D eigenvalue weighted by Crippen LogP contribution is -2.33. The van der Waals surface area contributed by atoms with E-state index in [4.69, 9.17) is 5.73 Å². The van der Waals surface area contributed by atoms with E-state index in [9.17, 15) is 17.2 Å². The van der Waals surface area contributed by atoms with Gasteiger partial charge >= 0.3 is 0 Å². The first-order valence-electron chi connectivity index (χ1n) is 6.94. The van der Waals surface area contributed by atoms with Gasteiger partial charge < -0.3 is 5.73 Å². The van der Waals surface area contributed by atoms with Gasteiger partial charge in [-0.2, -0.15) is 9.40 Å². The van der Waals surface area contributed by atoms with E-state index in [1.54, 1.807) is 0 Å². The van der Waals surface area contributed by atoms with Gasteiger partial charge in [0.1, 0.15) is 11.4 Å². The third kappa shape index (κ3) is 3.12. The van der Waals surface area contributed by atoms with E-state index in [2.05, 4.69) is 5.10 Å². The molecule has 6 nitrogen and oxygen atoms in total. The summed E-state index contributed by atoms with van der Waals surface area (Å²) in [5.41, 5.74) is 6.00. The zero-order chi connectivity index (χ0) is 15.2. The van der Waals surface area contributed by atoms with E-state index in [0.29, 0.717) is 19.0 Å². The summed E-state index contributed by atoms with van der Waals surface area (Å²) in [5, 5.41) is 3.69. The minimum absolute atomic E-state index is 0. The van der Waals surface area contributed by atoms with Gasteiger partial charge in [-0.25, -0.2) is 17.2 Å². The first-order chi connectivity index (χ1) is 9.88. The van der Waals surface area contributed by atoms with Gasteiger partial charge in [-0.05, 0) is 24.7 Å². The van der Waals surface area contributed by atoms with Gasteiger partial charge in [-0.3, -0.25) is 4.68 Å². The Bertz CT molecular complexity index is 624. The van der Waals surface area contributed by atoms with E-state index < -0.39 is 23.0 Å². The summed E-state index contributed by atoms with van der Waals surface area (Å²) >= 11 is 0. The van der Waals surface area contributed by atoms with Gasteiger partial charge in [-0.15, -0.1) is 12.4 Å². The summed E-state index contributed by atoms with van der Waals surface area (Å²) in [6, 6.07) is 0.0526. The second kappa shape index (κ2) is 6.38. The number of halogens is 3. The van der Waals surface area contributed by atoms with Crippen LogP contribution in [0.4, 0.5) is 8.78 Å². The lowest BCUT2D eigenvalue weighted by atomic mass is 9.98. The smallest absolute Gasteiger partial charge is 0.257 e. The Morgan fingerprint density at radius 1 is 1.36 bits per heavy atom. The average molecular weight is 357 g/mol. The van der Waals surface area contributed by atoms with E-state index in [0.717, 1.165) is 29.9 Å². The predicted molar refractivity (Wildman–Crippen MR) is 78.4 cm³/mol. The van der Waals surface area contributed by atoms with Crippen LogP contribution in [0, 0.1) is 11.8 Å². The maximum atomic E-state index is 12.5. The molecule has 2 heterocycles. The normalized spacial score (nSPS) is 28.8. The Morgan fingerprint density at radius 3 is 2.73 bits per heavy atom. The number of alkyl halides is 2. The fourth-order valence-corrected chi connectivity index (χ4v) is 4.82. The second-order valence-electron chi connectivity index (χ2n) is 5.78. The van der Waals surface area contributed by atoms with Crippen LogP contribution < -0.4 is 5.73 Å². The van der Waals surface area contributed by atoms with Crippen molar-refractivity contribution in [1.29, 1.82) is 0 Å². The molecule has 1 aromatic rings. The molecule has 1 aliphatic carbocycles. The first-order valence-corrected chi connectivity index (χ1v) is 8.38. The third-order valence-electron chi connectivity index (χ3n) is 4.45. The zero-order valence-electron chi connectivity index (χ0n) is 11.8. The van der Waals surface area contributed by atoms with Gasteiger partial charge in [-0.1, -0.05) is 0 Å². The highest BCUT2D eigenvalue weighted by Crippen LogP contribution is 2.39. The van der Waals surface area contributed by atoms with E-state index in [1.165, 1.54) is 4.31 Å². The summed E-state index contributed by atoms with van der Waals surface area (Å²) in [4.78, 5) is -0.0308. The summed E-state index contributed by atoms with van der Waals surface area (Å²) in [5.74, 6) is 0.516. The van der Waals surface area contributed by atoms with Crippen LogP contribution >= 0.6 is 12.4 Å². The maximum absolute atomic E-state index is 12.5. The van der Waals surface area contributed by atoms with Crippen molar-refractivity contribution in [3.05, 3.63) is 12.4 Å². The molecule has 1 aliphatic heterocycles. The maximum Gasteiger partial charge on any atom is 0.257 e. The monoisotopic (exact) mass is 356 g/mol. The molecule has 22 heavy (non-hydrogen) atoms. The zero-order valence-corrected chi connectivity index (χ0v) is 13.4. The topological polar surface area (TPSA) is 81.2 Å². The quantitative estimate of drug-likeness (QED) is 0.870. The van der Waals surface area contributed by atoms with Crippen LogP contribution in [0.3, 0.4) is 0 Å². The number of hydrogen-bond acceptors (Lipinski definition) is 4. The van der Waals surface area contributed by atoms with Crippen molar-refractivity contribution in [2.75, 3.05) is 13.1 Å². The average Bonchev–Trinajstić information content (AvgIpc) is 3.06. The third-order valence-corrected chi connectivity index (χ3v) is 6.24. The molecule has 3 rings (SSSR count). The minimum atomic E-state index is -3.67. The molecule has 3 atom stereocenters. The Morgan fingerprint density at radius 2 is 2.09 bits per heavy atom. The SMILES string of the molecule is Cl.NC1CCC2CN(S(=O)(=O)c3cnn(CC(F)F)c3)CC12. The molecule has 0 aromatic carbocycles. The molecule has 10 heteroatoms. The van der Waals surface area contributed by atoms with Crippen molar-refractivity contribution >= 4 is 22.4 Å². The first kappa shape index (κ1) is 17.6. The molecule has 0 radical (unpaired) electrons. The van der Waals surface area contributed by atoms with Crippen molar-refractivity contribution in [2.24, 2.45) is 17.6 Å². The summed E-state index contributed by atoms with van der Waals surface area (Å²) in [7, 11) is -3.67. The van der Waals surface area contributed by atoms with Crippen LogP contribution in [0.2, 0.25) is 0 Å². The fourth-order valence-electron chi connectivity index (χ4n) is 3.33. The fraction of sp³-hybridized carbons (Fsp3) is 0.750. The van der Waals surface area contributed by atoms with Crippen LogP contribution in [0.25, 0.3) is 0 Å². The van der Waals surface area contributed by atoms with E-state index >= 15 is 0 Å². The molecular weight excluding hydrogens is 338 g/mol. The predicted octanol–water partition coefficient (Wildman–Crippen LogP) is 0.928. The number of fused-ring (bicyclic) bond motifs is 1. The van der Waals surface area contributed by atoms with Crippen molar-refractivity contribution in [2.45, 2.75) is 36.7 Å². The lowest BCUT2D eigenvalue weighted by Gasteiger charge is -2.17. The Hall–Kier alpha value is -0.770. The van der Waals surface area contributed by atoms with Gasteiger partial charge in [0.2, 0.25) is 10.0 Å². The summed E-state index contributed by atoms with van der Waals surface area (Å²) in [6.07, 6.45) is 1.61. The summed E-state index contributed by atoms with van der Waals surface area (Å²) in [6.45, 7) is 0.264. The Labute approximate surface area is 134 Å². The molecule has 0 bridgehead atoms. The van der Waals surface area contributed by atoms with Crippen LogP contribution in [0.15, 0.2) is 17.3 Å². The second-order valence-corrected chi connectivity index (χ2v) is 7.71. The van der Waals surface area contributed by atoms with Gasteiger partial charge in [0.15, 0.2) is 0 Å². The minimum Gasteiger partial charge on any atom is -0.327 e. The number of nitrogens with zero attached hydrogens (tertiary/aromatic N) is 3. The van der Waals surface area contributed by atoms with Crippen molar-refractivity contribution in [3.8, 4) is 0 Å². The molecule has 1 saturated carbocycles. The van der Waals surface area contributed by atoms with E-state index in [1.807, 2.05) is 0 Å². The number of nitrogens with two attached hydrogens (primary N) is 1. The number of aromatic nitrogens is 2.